The van der Waals surface area contributed by atoms with Gasteiger partial charge in [0.15, 0.2) is 5.78 Å². The lowest BCUT2D eigenvalue weighted by atomic mass is 10.1. The van der Waals surface area contributed by atoms with Crippen molar-refractivity contribution in [3.63, 3.8) is 0 Å². The standard InChI is InChI=1S/C23H19ClN2O3S/c1-15(27)16-8-10-19(11-9-16)25-22(28)14-30-21-7-3-6-20(13-21)26-23(29)17-4-2-5-18(24)12-17/h2-13H,14H2,1H3,(H,25,28)(H,26,29). The summed E-state index contributed by atoms with van der Waals surface area (Å²) < 4.78 is 0. The first-order chi connectivity index (χ1) is 14.4. The summed E-state index contributed by atoms with van der Waals surface area (Å²) in [7, 11) is 0. The molecule has 0 unspecified atom stereocenters. The highest BCUT2D eigenvalue weighted by Gasteiger charge is 2.09. The normalized spacial score (nSPS) is 10.3. The number of benzene rings is 3. The van der Waals surface area contributed by atoms with Crippen molar-refractivity contribution in [3.05, 3.63) is 88.9 Å². The predicted octanol–water partition coefficient (Wildman–Crippen LogP) is 5.53. The van der Waals surface area contributed by atoms with Crippen molar-refractivity contribution in [2.24, 2.45) is 0 Å². The van der Waals surface area contributed by atoms with Crippen LogP contribution < -0.4 is 10.6 Å². The van der Waals surface area contributed by atoms with Gasteiger partial charge in [0.05, 0.1) is 5.75 Å². The molecule has 0 bridgehead atoms. The van der Waals surface area contributed by atoms with E-state index in [9.17, 15) is 14.4 Å². The second kappa shape index (κ2) is 10.1. The van der Waals surface area contributed by atoms with Gasteiger partial charge in [-0.2, -0.15) is 0 Å². The number of thioether (sulfide) groups is 1. The molecule has 0 aliphatic carbocycles. The molecule has 0 fully saturated rings. The zero-order valence-corrected chi connectivity index (χ0v) is 17.7. The SMILES string of the molecule is CC(=O)c1ccc(NC(=O)CSc2cccc(NC(=O)c3cccc(Cl)c3)c2)cc1. The lowest BCUT2D eigenvalue weighted by Gasteiger charge is -2.08. The number of nitrogens with one attached hydrogen (secondary N) is 2. The van der Waals surface area contributed by atoms with Crippen LogP contribution >= 0.6 is 23.4 Å². The highest BCUT2D eigenvalue weighted by molar-refractivity contribution is 8.00. The van der Waals surface area contributed by atoms with Crippen LogP contribution in [-0.2, 0) is 4.79 Å². The summed E-state index contributed by atoms with van der Waals surface area (Å²) in [6.45, 7) is 1.50. The fourth-order valence-electron chi connectivity index (χ4n) is 2.63. The third kappa shape index (κ3) is 6.20. The number of carbonyl (C=O) groups excluding carboxylic acids is 3. The van der Waals surface area contributed by atoms with Gasteiger partial charge in [-0.15, -0.1) is 11.8 Å². The average Bonchev–Trinajstić information content (AvgIpc) is 2.73. The van der Waals surface area contributed by atoms with Gasteiger partial charge in [-0.25, -0.2) is 0 Å². The van der Waals surface area contributed by atoms with Crippen LogP contribution in [0.2, 0.25) is 5.02 Å². The Morgan fingerprint density at radius 1 is 0.833 bits per heavy atom. The summed E-state index contributed by atoms with van der Waals surface area (Å²) in [6.07, 6.45) is 0. The van der Waals surface area contributed by atoms with Gasteiger partial charge in [0.25, 0.3) is 5.91 Å². The topological polar surface area (TPSA) is 75.3 Å². The minimum atomic E-state index is -0.258. The zero-order valence-electron chi connectivity index (χ0n) is 16.1. The molecule has 2 N–H and O–H groups in total. The number of amides is 2. The molecule has 0 saturated heterocycles. The molecular formula is C23H19ClN2O3S. The van der Waals surface area contributed by atoms with Crippen LogP contribution in [0.1, 0.15) is 27.6 Å². The largest absolute Gasteiger partial charge is 0.325 e. The van der Waals surface area contributed by atoms with Gasteiger partial charge in [-0.3, -0.25) is 14.4 Å². The fraction of sp³-hybridized carbons (Fsp3) is 0.0870. The van der Waals surface area contributed by atoms with Crippen molar-refractivity contribution in [1.82, 2.24) is 0 Å². The molecule has 152 valence electrons. The molecule has 3 aromatic rings. The smallest absolute Gasteiger partial charge is 0.255 e. The van der Waals surface area contributed by atoms with Crippen molar-refractivity contribution in [1.29, 1.82) is 0 Å². The highest BCUT2D eigenvalue weighted by Crippen LogP contribution is 2.23. The van der Waals surface area contributed by atoms with Crippen molar-refractivity contribution in [2.45, 2.75) is 11.8 Å². The van der Waals surface area contributed by atoms with Crippen LogP contribution in [0.25, 0.3) is 0 Å². The molecule has 0 saturated carbocycles. The predicted molar refractivity (Wildman–Crippen MR) is 122 cm³/mol. The summed E-state index contributed by atoms with van der Waals surface area (Å²) in [5, 5.41) is 6.12. The molecule has 0 aromatic heterocycles. The number of hydrogen-bond acceptors (Lipinski definition) is 4. The molecule has 0 heterocycles. The van der Waals surface area contributed by atoms with E-state index in [1.807, 2.05) is 18.2 Å². The van der Waals surface area contributed by atoms with Gasteiger partial charge in [0, 0.05) is 32.4 Å². The van der Waals surface area contributed by atoms with E-state index >= 15 is 0 Å². The number of Topliss-reactive ketones (excluding diaryl/α,β-unsaturated/α-hetero) is 1. The lowest BCUT2D eigenvalue weighted by Crippen LogP contribution is -2.14. The maximum Gasteiger partial charge on any atom is 0.255 e. The van der Waals surface area contributed by atoms with Crippen LogP contribution in [0.3, 0.4) is 0 Å². The highest BCUT2D eigenvalue weighted by atomic mass is 35.5. The number of hydrogen-bond donors (Lipinski definition) is 2. The Morgan fingerprint density at radius 3 is 2.27 bits per heavy atom. The number of ketones is 1. The van der Waals surface area contributed by atoms with Crippen LogP contribution in [-0.4, -0.2) is 23.4 Å². The van der Waals surface area contributed by atoms with E-state index in [0.29, 0.717) is 27.5 Å². The van der Waals surface area contributed by atoms with Crippen molar-refractivity contribution >= 4 is 52.3 Å². The Kier molecular flexibility index (Phi) is 7.27. The van der Waals surface area contributed by atoms with E-state index in [4.69, 9.17) is 11.6 Å². The Morgan fingerprint density at radius 2 is 1.57 bits per heavy atom. The Balaban J connectivity index is 1.55. The first kappa shape index (κ1) is 21.6. The summed E-state index contributed by atoms with van der Waals surface area (Å²) >= 11 is 7.29. The monoisotopic (exact) mass is 438 g/mol. The van der Waals surface area contributed by atoms with Gasteiger partial charge >= 0.3 is 0 Å². The fourth-order valence-corrected chi connectivity index (χ4v) is 3.58. The number of carbonyl (C=O) groups is 3. The van der Waals surface area contributed by atoms with E-state index in [0.717, 1.165) is 4.90 Å². The molecule has 0 aliphatic heterocycles. The molecule has 5 nitrogen and oxygen atoms in total. The Labute approximate surface area is 183 Å². The molecule has 30 heavy (non-hydrogen) atoms. The van der Waals surface area contributed by atoms with E-state index in [-0.39, 0.29) is 23.4 Å². The molecule has 7 heteroatoms. The molecule has 0 atom stereocenters. The Bertz CT molecular complexity index is 1080. The molecule has 0 spiro atoms. The van der Waals surface area contributed by atoms with E-state index < -0.39 is 0 Å². The number of halogens is 1. The third-order valence-electron chi connectivity index (χ3n) is 4.12. The minimum absolute atomic E-state index is 0.0224. The van der Waals surface area contributed by atoms with Crippen LogP contribution in [0.4, 0.5) is 11.4 Å². The van der Waals surface area contributed by atoms with Gasteiger partial charge in [-0.05, 0) is 67.6 Å². The summed E-state index contributed by atoms with van der Waals surface area (Å²) in [5.74, 6) is -0.235. The molecular weight excluding hydrogens is 420 g/mol. The molecule has 0 radical (unpaired) electrons. The molecule has 3 rings (SSSR count). The minimum Gasteiger partial charge on any atom is -0.325 e. The van der Waals surface area contributed by atoms with Gasteiger partial charge in [-0.1, -0.05) is 23.7 Å². The second-order valence-electron chi connectivity index (χ2n) is 6.46. The Hall–Kier alpha value is -3.09. The number of rotatable bonds is 7. The molecule has 0 aliphatic rings. The summed E-state index contributed by atoms with van der Waals surface area (Å²) in [5.41, 5.74) is 2.33. The first-order valence-electron chi connectivity index (χ1n) is 9.11. The first-order valence-corrected chi connectivity index (χ1v) is 10.5. The van der Waals surface area contributed by atoms with E-state index in [1.165, 1.54) is 18.7 Å². The average molecular weight is 439 g/mol. The lowest BCUT2D eigenvalue weighted by molar-refractivity contribution is -0.113. The third-order valence-corrected chi connectivity index (χ3v) is 5.35. The second-order valence-corrected chi connectivity index (χ2v) is 7.95. The van der Waals surface area contributed by atoms with Gasteiger partial charge in [0.2, 0.25) is 5.91 Å². The van der Waals surface area contributed by atoms with Gasteiger partial charge in [0.1, 0.15) is 0 Å². The van der Waals surface area contributed by atoms with Crippen LogP contribution in [0, 0.1) is 0 Å². The zero-order chi connectivity index (χ0) is 21.5. The molecule has 2 amide bonds. The quantitative estimate of drug-likeness (QED) is 0.376. The van der Waals surface area contributed by atoms with E-state index in [2.05, 4.69) is 10.6 Å². The maximum absolute atomic E-state index is 12.4. The van der Waals surface area contributed by atoms with Crippen LogP contribution in [0.15, 0.2) is 77.7 Å². The van der Waals surface area contributed by atoms with E-state index in [1.54, 1.807) is 54.6 Å². The summed E-state index contributed by atoms with van der Waals surface area (Å²) in [4.78, 5) is 36.7. The van der Waals surface area contributed by atoms with Crippen molar-refractivity contribution in [3.8, 4) is 0 Å². The maximum atomic E-state index is 12.4. The van der Waals surface area contributed by atoms with Gasteiger partial charge < -0.3 is 10.6 Å². The number of anilines is 2. The molecule has 3 aromatic carbocycles. The van der Waals surface area contributed by atoms with Crippen LogP contribution in [0.5, 0.6) is 0 Å². The van der Waals surface area contributed by atoms with Crippen molar-refractivity contribution < 1.29 is 14.4 Å². The van der Waals surface area contributed by atoms with Crippen molar-refractivity contribution in [2.75, 3.05) is 16.4 Å². The summed E-state index contributed by atoms with van der Waals surface area (Å²) in [6, 6.07) is 20.7.